The number of anilines is 2. The third-order valence-electron chi connectivity index (χ3n) is 5.45. The van der Waals surface area contributed by atoms with Crippen molar-refractivity contribution in [3.05, 3.63) is 60.4 Å². The number of carbonyl (C=O) groups is 1. The van der Waals surface area contributed by atoms with E-state index < -0.39 is 32.6 Å². The number of carboxylic acids is 1. The van der Waals surface area contributed by atoms with E-state index in [0.29, 0.717) is 30.6 Å². The predicted octanol–water partition coefficient (Wildman–Crippen LogP) is 3.70. The molecule has 0 saturated carbocycles. The summed E-state index contributed by atoms with van der Waals surface area (Å²) in [6, 6.07) is 14.1. The highest BCUT2D eigenvalue weighted by Crippen LogP contribution is 2.36. The Bertz CT molecular complexity index is 1260. The molecular formula is C22H21FN2O5S. The molecule has 0 radical (unpaired) electrons. The van der Waals surface area contributed by atoms with E-state index in [-0.39, 0.29) is 5.75 Å². The summed E-state index contributed by atoms with van der Waals surface area (Å²) in [4.78, 5) is 12.8. The fraction of sp³-hybridized carbons (Fsp3) is 0.227. The number of fused-ring (bicyclic) bond motifs is 1. The maximum Gasteiger partial charge on any atom is 0.308 e. The van der Waals surface area contributed by atoms with Gasteiger partial charge in [-0.2, -0.15) is 0 Å². The first-order valence-electron chi connectivity index (χ1n) is 9.66. The van der Waals surface area contributed by atoms with Crippen LogP contribution in [0, 0.1) is 11.7 Å². The molecular weight excluding hydrogens is 423 g/mol. The number of hydrogen-bond donors (Lipinski definition) is 2. The minimum atomic E-state index is -4.22. The van der Waals surface area contributed by atoms with Gasteiger partial charge in [0.25, 0.3) is 10.0 Å². The highest BCUT2D eigenvalue weighted by molar-refractivity contribution is 7.92. The van der Waals surface area contributed by atoms with Crippen molar-refractivity contribution in [2.45, 2.75) is 11.3 Å². The Morgan fingerprint density at radius 1 is 1.16 bits per heavy atom. The van der Waals surface area contributed by atoms with E-state index in [9.17, 15) is 22.7 Å². The topological polar surface area (TPSA) is 95.9 Å². The van der Waals surface area contributed by atoms with Crippen LogP contribution in [0.15, 0.2) is 59.5 Å². The lowest BCUT2D eigenvalue weighted by atomic mass is 10.1. The molecule has 1 fully saturated rings. The van der Waals surface area contributed by atoms with Crippen LogP contribution in [-0.4, -0.2) is 39.7 Å². The first-order valence-corrected chi connectivity index (χ1v) is 11.1. The van der Waals surface area contributed by atoms with E-state index in [1.54, 1.807) is 24.3 Å². The Morgan fingerprint density at radius 3 is 2.58 bits per heavy atom. The summed E-state index contributed by atoms with van der Waals surface area (Å²) in [6.07, 6.45) is 0.549. The van der Waals surface area contributed by atoms with Crippen molar-refractivity contribution in [2.75, 3.05) is 29.8 Å². The lowest BCUT2D eigenvalue weighted by Crippen LogP contribution is -2.23. The average Bonchev–Trinajstić information content (AvgIpc) is 3.24. The van der Waals surface area contributed by atoms with Gasteiger partial charge in [-0.15, -0.1) is 0 Å². The molecule has 0 bridgehead atoms. The number of carboxylic acid groups (broad SMARTS) is 1. The Morgan fingerprint density at radius 2 is 1.90 bits per heavy atom. The number of nitrogens with one attached hydrogen (secondary N) is 1. The minimum Gasteiger partial charge on any atom is -0.497 e. The summed E-state index contributed by atoms with van der Waals surface area (Å²) in [5.41, 5.74) is 1.13. The van der Waals surface area contributed by atoms with Gasteiger partial charge in [-0.05, 0) is 30.7 Å². The van der Waals surface area contributed by atoms with Crippen LogP contribution in [0.4, 0.5) is 15.8 Å². The second-order valence-corrected chi connectivity index (χ2v) is 9.00. The Balaban J connectivity index is 1.72. The number of ether oxygens (including phenoxy) is 1. The third-order valence-corrected chi connectivity index (χ3v) is 6.83. The molecule has 1 aliphatic rings. The van der Waals surface area contributed by atoms with E-state index >= 15 is 0 Å². The van der Waals surface area contributed by atoms with Gasteiger partial charge < -0.3 is 14.7 Å². The zero-order valence-corrected chi connectivity index (χ0v) is 17.5. The van der Waals surface area contributed by atoms with Crippen LogP contribution in [0.2, 0.25) is 0 Å². The summed E-state index contributed by atoms with van der Waals surface area (Å²) < 4.78 is 47.6. The van der Waals surface area contributed by atoms with Gasteiger partial charge in [0, 0.05) is 35.6 Å². The molecule has 3 aromatic rings. The molecule has 1 saturated heterocycles. The van der Waals surface area contributed by atoms with Crippen LogP contribution in [0.25, 0.3) is 10.8 Å². The molecule has 7 nitrogen and oxygen atoms in total. The number of benzene rings is 3. The van der Waals surface area contributed by atoms with E-state index in [4.69, 9.17) is 4.74 Å². The van der Waals surface area contributed by atoms with E-state index in [2.05, 4.69) is 4.72 Å². The smallest absolute Gasteiger partial charge is 0.308 e. The molecule has 2 N–H and O–H groups in total. The molecule has 0 amide bonds. The van der Waals surface area contributed by atoms with Crippen molar-refractivity contribution in [3.63, 3.8) is 0 Å². The summed E-state index contributed by atoms with van der Waals surface area (Å²) in [6.45, 7) is 0.987. The van der Waals surface area contributed by atoms with Crippen LogP contribution < -0.4 is 14.4 Å². The van der Waals surface area contributed by atoms with Crippen molar-refractivity contribution < 1.29 is 27.4 Å². The van der Waals surface area contributed by atoms with Crippen molar-refractivity contribution in [3.8, 4) is 5.75 Å². The Kier molecular flexibility index (Phi) is 5.45. The zero-order chi connectivity index (χ0) is 22.2. The van der Waals surface area contributed by atoms with E-state index in [1.165, 1.54) is 13.2 Å². The molecule has 1 atom stereocenters. The Hall–Kier alpha value is -3.33. The fourth-order valence-electron chi connectivity index (χ4n) is 3.84. The van der Waals surface area contributed by atoms with Crippen LogP contribution in [0.5, 0.6) is 5.75 Å². The van der Waals surface area contributed by atoms with Gasteiger partial charge in [0.05, 0.1) is 18.7 Å². The summed E-state index contributed by atoms with van der Waals surface area (Å²) >= 11 is 0. The first kappa shape index (κ1) is 20.9. The van der Waals surface area contributed by atoms with Crippen molar-refractivity contribution in [1.29, 1.82) is 0 Å². The Labute approximate surface area is 179 Å². The number of sulfonamides is 1. The van der Waals surface area contributed by atoms with E-state index in [0.717, 1.165) is 23.2 Å². The normalized spacial score (nSPS) is 16.5. The second-order valence-electron chi connectivity index (χ2n) is 7.35. The average molecular weight is 444 g/mol. The zero-order valence-electron chi connectivity index (χ0n) is 16.7. The predicted molar refractivity (Wildman–Crippen MR) is 116 cm³/mol. The van der Waals surface area contributed by atoms with Crippen LogP contribution in [0.3, 0.4) is 0 Å². The molecule has 9 heteroatoms. The van der Waals surface area contributed by atoms with Gasteiger partial charge in [0.1, 0.15) is 16.5 Å². The van der Waals surface area contributed by atoms with Crippen LogP contribution in [-0.2, 0) is 14.8 Å². The van der Waals surface area contributed by atoms with Gasteiger partial charge in [0.15, 0.2) is 0 Å². The molecule has 0 aliphatic carbocycles. The second kappa shape index (κ2) is 8.07. The molecule has 0 unspecified atom stereocenters. The third kappa shape index (κ3) is 4.00. The summed E-state index contributed by atoms with van der Waals surface area (Å²) in [5.74, 6) is -1.92. The van der Waals surface area contributed by atoms with Gasteiger partial charge in [-0.25, -0.2) is 12.8 Å². The molecule has 1 aliphatic heterocycles. The van der Waals surface area contributed by atoms with Gasteiger partial charge >= 0.3 is 5.97 Å². The monoisotopic (exact) mass is 444 g/mol. The molecule has 0 spiro atoms. The molecule has 3 aromatic carbocycles. The number of aliphatic carboxylic acids is 1. The van der Waals surface area contributed by atoms with Crippen molar-refractivity contribution in [1.82, 2.24) is 0 Å². The quantitative estimate of drug-likeness (QED) is 0.602. The maximum atomic E-state index is 14.3. The maximum absolute atomic E-state index is 14.3. The largest absolute Gasteiger partial charge is 0.497 e. The number of hydrogen-bond acceptors (Lipinski definition) is 5. The van der Waals surface area contributed by atoms with Crippen molar-refractivity contribution >= 4 is 38.1 Å². The van der Waals surface area contributed by atoms with Gasteiger partial charge in [-0.3, -0.25) is 9.52 Å². The molecule has 4 rings (SSSR count). The molecule has 0 aromatic heterocycles. The SMILES string of the molecule is COc1ccc(F)c(S(=O)(=O)Nc2ccc(N3CC[C@H](C(=O)O)C3)c3ccccc23)c1. The molecule has 1 heterocycles. The van der Waals surface area contributed by atoms with Crippen LogP contribution >= 0.6 is 0 Å². The van der Waals surface area contributed by atoms with E-state index in [1.807, 2.05) is 17.0 Å². The standard InChI is InChI=1S/C22H21FN2O5S/c1-30-15-6-7-18(23)21(12-15)31(28,29)24-19-8-9-20(17-5-3-2-4-16(17)19)25-11-10-14(13-25)22(26)27/h2-9,12,14,24H,10-11,13H2,1H3,(H,26,27)/t14-/m0/s1. The number of halogens is 1. The fourth-order valence-corrected chi connectivity index (χ4v) is 5.02. The lowest BCUT2D eigenvalue weighted by molar-refractivity contribution is -0.140. The summed E-state index contributed by atoms with van der Waals surface area (Å²) in [5, 5.41) is 10.7. The number of methoxy groups -OCH3 is 1. The van der Waals surface area contributed by atoms with Gasteiger partial charge in [-0.1, -0.05) is 24.3 Å². The van der Waals surface area contributed by atoms with Crippen LogP contribution in [0.1, 0.15) is 6.42 Å². The van der Waals surface area contributed by atoms with Gasteiger partial charge in [0.2, 0.25) is 0 Å². The summed E-state index contributed by atoms with van der Waals surface area (Å²) in [7, 11) is -2.84. The highest BCUT2D eigenvalue weighted by Gasteiger charge is 2.29. The number of rotatable bonds is 6. The molecule has 31 heavy (non-hydrogen) atoms. The minimum absolute atomic E-state index is 0.226. The van der Waals surface area contributed by atoms with Crippen molar-refractivity contribution in [2.24, 2.45) is 5.92 Å². The molecule has 162 valence electrons. The number of nitrogens with zero attached hydrogens (tertiary/aromatic N) is 1. The lowest BCUT2D eigenvalue weighted by Gasteiger charge is -2.22. The highest BCUT2D eigenvalue weighted by atomic mass is 32.2. The first-order chi connectivity index (χ1) is 14.8.